The molecule has 0 saturated heterocycles. The third kappa shape index (κ3) is 6.48. The van der Waals surface area contributed by atoms with Crippen molar-refractivity contribution in [3.05, 3.63) is 101 Å². The minimum atomic E-state index is -4.47. The highest BCUT2D eigenvalue weighted by Gasteiger charge is 2.43. The average molecular weight is 580 g/mol. The quantitative estimate of drug-likeness (QED) is 0.260. The number of benzene rings is 3. The molecule has 218 valence electrons. The summed E-state index contributed by atoms with van der Waals surface area (Å²) in [5.74, 6) is -1.80. The van der Waals surface area contributed by atoms with Crippen molar-refractivity contribution in [3.63, 3.8) is 0 Å². The normalized spacial score (nSPS) is 17.9. The fourth-order valence-corrected chi connectivity index (χ4v) is 6.93. The lowest BCUT2D eigenvalue weighted by atomic mass is 9.80. The molecule has 0 amide bonds. The standard InChI is InChI=1S/C33H38FNO5S/c1-6-18-33(19-17-23-13-9-7-10-14-23)21-25(36)30(31(37)40-33)35-41(38,39)26-20-22(2)29(34)28(32(3,4)5)27(26)24-15-11-8-12-16-24/h7-16,20,35-36H,6,17-19,21H2,1-5H3. The number of nitrogens with one attached hydrogen (secondary N) is 1. The molecule has 1 heterocycles. The first-order valence-electron chi connectivity index (χ1n) is 13.9. The summed E-state index contributed by atoms with van der Waals surface area (Å²) < 4.78 is 51.7. The summed E-state index contributed by atoms with van der Waals surface area (Å²) in [6.07, 6.45) is 2.32. The Balaban J connectivity index is 1.76. The van der Waals surface area contributed by atoms with Crippen LogP contribution >= 0.6 is 0 Å². The van der Waals surface area contributed by atoms with E-state index in [9.17, 15) is 18.3 Å². The van der Waals surface area contributed by atoms with Gasteiger partial charge in [-0.25, -0.2) is 17.6 Å². The van der Waals surface area contributed by atoms with Gasteiger partial charge in [-0.2, -0.15) is 0 Å². The Morgan fingerprint density at radius 3 is 2.20 bits per heavy atom. The fourth-order valence-electron chi connectivity index (χ4n) is 5.53. The van der Waals surface area contributed by atoms with Gasteiger partial charge in [0.05, 0.1) is 4.90 Å². The van der Waals surface area contributed by atoms with E-state index in [0.29, 0.717) is 31.2 Å². The molecule has 0 spiro atoms. The Kier molecular flexibility index (Phi) is 8.64. The van der Waals surface area contributed by atoms with Crippen molar-refractivity contribution >= 4 is 16.0 Å². The van der Waals surface area contributed by atoms with Crippen LogP contribution < -0.4 is 4.72 Å². The molecule has 0 aromatic heterocycles. The molecule has 0 fully saturated rings. The van der Waals surface area contributed by atoms with Crippen LogP contribution in [0.4, 0.5) is 4.39 Å². The maximum Gasteiger partial charge on any atom is 0.359 e. The summed E-state index contributed by atoms with van der Waals surface area (Å²) in [5, 5.41) is 11.1. The van der Waals surface area contributed by atoms with Gasteiger partial charge in [-0.1, -0.05) is 94.8 Å². The van der Waals surface area contributed by atoms with Gasteiger partial charge in [-0.05, 0) is 54.4 Å². The van der Waals surface area contributed by atoms with Gasteiger partial charge in [0.25, 0.3) is 10.0 Å². The third-order valence-electron chi connectivity index (χ3n) is 7.46. The van der Waals surface area contributed by atoms with Gasteiger partial charge in [0.1, 0.15) is 17.2 Å². The lowest BCUT2D eigenvalue weighted by Gasteiger charge is -2.37. The molecule has 4 rings (SSSR count). The Morgan fingerprint density at radius 2 is 1.63 bits per heavy atom. The van der Waals surface area contributed by atoms with Crippen molar-refractivity contribution in [3.8, 4) is 11.1 Å². The zero-order valence-corrected chi connectivity index (χ0v) is 25.1. The zero-order chi connectivity index (χ0) is 30.0. The molecule has 1 aliphatic rings. The van der Waals surface area contributed by atoms with Crippen molar-refractivity contribution in [1.29, 1.82) is 0 Å². The second kappa shape index (κ2) is 11.7. The van der Waals surface area contributed by atoms with Crippen LogP contribution in [0.25, 0.3) is 11.1 Å². The molecule has 1 aliphatic heterocycles. The van der Waals surface area contributed by atoms with E-state index in [-0.39, 0.29) is 33.8 Å². The van der Waals surface area contributed by atoms with E-state index < -0.39 is 38.5 Å². The number of aliphatic hydroxyl groups excluding tert-OH is 1. The molecule has 0 aliphatic carbocycles. The van der Waals surface area contributed by atoms with Gasteiger partial charge >= 0.3 is 5.97 Å². The first-order chi connectivity index (χ1) is 19.3. The number of rotatable bonds is 9. The summed E-state index contributed by atoms with van der Waals surface area (Å²) >= 11 is 0. The van der Waals surface area contributed by atoms with Crippen LogP contribution in [0.2, 0.25) is 0 Å². The number of carbonyl (C=O) groups excluding carboxylic acids is 1. The van der Waals surface area contributed by atoms with Crippen LogP contribution in [0, 0.1) is 12.7 Å². The van der Waals surface area contributed by atoms with E-state index >= 15 is 4.39 Å². The minimum absolute atomic E-state index is 0.0154. The van der Waals surface area contributed by atoms with E-state index in [2.05, 4.69) is 4.72 Å². The SMILES string of the molecule is CCCC1(CCc2ccccc2)CC(O)=C(NS(=O)(=O)c2cc(C)c(F)c(C(C)(C)C)c2-c2ccccc2)C(=O)O1. The largest absolute Gasteiger partial charge is 0.510 e. The number of carbonyl (C=O) groups is 1. The van der Waals surface area contributed by atoms with Crippen LogP contribution in [-0.2, 0) is 31.4 Å². The van der Waals surface area contributed by atoms with Crippen LogP contribution in [0.5, 0.6) is 0 Å². The summed E-state index contributed by atoms with van der Waals surface area (Å²) in [4.78, 5) is 13.1. The Morgan fingerprint density at radius 1 is 1.02 bits per heavy atom. The highest BCUT2D eigenvalue weighted by molar-refractivity contribution is 7.89. The first kappa shape index (κ1) is 30.3. The average Bonchev–Trinajstić information content (AvgIpc) is 2.91. The molecule has 2 N–H and O–H groups in total. The highest BCUT2D eigenvalue weighted by Crippen LogP contribution is 2.42. The summed E-state index contributed by atoms with van der Waals surface area (Å²) in [7, 11) is -4.47. The summed E-state index contributed by atoms with van der Waals surface area (Å²) in [5.41, 5.74) is -0.0147. The number of hydrogen-bond donors (Lipinski definition) is 2. The van der Waals surface area contributed by atoms with Crippen molar-refractivity contribution in [2.75, 3.05) is 0 Å². The predicted octanol–water partition coefficient (Wildman–Crippen LogP) is 7.27. The van der Waals surface area contributed by atoms with Gasteiger partial charge in [0.15, 0.2) is 5.70 Å². The smallest absolute Gasteiger partial charge is 0.359 e. The van der Waals surface area contributed by atoms with E-state index in [1.165, 1.54) is 13.0 Å². The molecular formula is C33H38FNO5S. The number of esters is 1. The number of aliphatic hydroxyl groups is 1. The third-order valence-corrected chi connectivity index (χ3v) is 8.83. The van der Waals surface area contributed by atoms with Gasteiger partial charge in [-0.3, -0.25) is 4.72 Å². The topological polar surface area (TPSA) is 92.7 Å². The molecule has 3 aromatic carbocycles. The zero-order valence-electron chi connectivity index (χ0n) is 24.3. The number of hydrogen-bond acceptors (Lipinski definition) is 5. The number of ether oxygens (including phenoxy) is 1. The number of halogens is 1. The van der Waals surface area contributed by atoms with E-state index in [1.54, 1.807) is 30.3 Å². The molecule has 0 bridgehead atoms. The molecular weight excluding hydrogens is 541 g/mol. The lowest BCUT2D eigenvalue weighted by Crippen LogP contribution is -2.44. The highest BCUT2D eigenvalue weighted by atomic mass is 32.2. The molecule has 41 heavy (non-hydrogen) atoms. The van der Waals surface area contributed by atoms with Gasteiger partial charge in [-0.15, -0.1) is 0 Å². The summed E-state index contributed by atoms with van der Waals surface area (Å²) in [6.45, 7) is 8.92. The van der Waals surface area contributed by atoms with Crippen molar-refractivity contribution in [2.24, 2.45) is 0 Å². The Bertz CT molecular complexity index is 1560. The first-order valence-corrected chi connectivity index (χ1v) is 15.4. The van der Waals surface area contributed by atoms with Gasteiger partial charge in [0, 0.05) is 17.5 Å². The minimum Gasteiger partial charge on any atom is -0.510 e. The molecule has 1 unspecified atom stereocenters. The molecule has 0 saturated carbocycles. The Hall–Kier alpha value is -3.65. The maximum atomic E-state index is 15.6. The Labute approximate surface area is 242 Å². The van der Waals surface area contributed by atoms with Gasteiger partial charge in [0.2, 0.25) is 0 Å². The lowest BCUT2D eigenvalue weighted by molar-refractivity contribution is -0.161. The van der Waals surface area contributed by atoms with Crippen LogP contribution in [-0.4, -0.2) is 25.1 Å². The number of cyclic esters (lactones) is 1. The monoisotopic (exact) mass is 579 g/mol. The van der Waals surface area contributed by atoms with Crippen molar-refractivity contribution < 1.29 is 27.4 Å². The van der Waals surface area contributed by atoms with Crippen LogP contribution in [0.1, 0.15) is 70.1 Å². The molecule has 8 heteroatoms. The predicted molar refractivity (Wildman–Crippen MR) is 158 cm³/mol. The molecule has 6 nitrogen and oxygen atoms in total. The molecule has 0 radical (unpaired) electrons. The maximum absolute atomic E-state index is 15.6. The van der Waals surface area contributed by atoms with Crippen LogP contribution in [0.15, 0.2) is 83.1 Å². The van der Waals surface area contributed by atoms with E-state index in [4.69, 9.17) is 4.74 Å². The van der Waals surface area contributed by atoms with Crippen LogP contribution in [0.3, 0.4) is 0 Å². The molecule has 3 aromatic rings. The molecule has 1 atom stereocenters. The van der Waals surface area contributed by atoms with E-state index in [1.807, 2.05) is 58.0 Å². The van der Waals surface area contributed by atoms with Crippen molar-refractivity contribution in [2.45, 2.75) is 82.6 Å². The number of sulfonamides is 1. The van der Waals surface area contributed by atoms with Crippen molar-refractivity contribution in [1.82, 2.24) is 4.72 Å². The summed E-state index contributed by atoms with van der Waals surface area (Å²) in [6, 6.07) is 19.8. The van der Waals surface area contributed by atoms with Gasteiger partial charge < -0.3 is 9.84 Å². The van der Waals surface area contributed by atoms with E-state index in [0.717, 1.165) is 5.56 Å². The number of aryl methyl sites for hydroxylation is 2. The fraction of sp³-hybridized carbons (Fsp3) is 0.364. The second-order valence-electron chi connectivity index (χ2n) is 11.8. The second-order valence-corrected chi connectivity index (χ2v) is 13.4.